The fraction of sp³-hybridized carbons (Fsp3) is 0.381. The Morgan fingerprint density at radius 1 is 0.396 bits per heavy atom. The molecule has 2 aromatic heterocycles. The lowest BCUT2D eigenvalue weighted by atomic mass is 9.97. The molecule has 0 aliphatic rings. The van der Waals surface area contributed by atoms with Gasteiger partial charge in [-0.3, -0.25) is 0 Å². The van der Waals surface area contributed by atoms with E-state index in [2.05, 4.69) is 150 Å². The predicted octanol–water partition coefficient (Wildman–Crippen LogP) is 17.3. The van der Waals surface area contributed by atoms with Gasteiger partial charge in [-0.25, -0.2) is 0 Å². The molecular formula is C42H46Br4S2. The van der Waals surface area contributed by atoms with Gasteiger partial charge in [0.05, 0.1) is 0 Å². The lowest BCUT2D eigenvalue weighted by molar-refractivity contribution is 0.609. The molecule has 0 N–H and O–H groups in total. The van der Waals surface area contributed by atoms with E-state index >= 15 is 0 Å². The number of unbranched alkanes of at least 4 members (excludes halogenated alkanes) is 10. The van der Waals surface area contributed by atoms with Crippen molar-refractivity contribution in [3.05, 3.63) is 100 Å². The third kappa shape index (κ3) is 10.5. The van der Waals surface area contributed by atoms with Gasteiger partial charge in [-0.2, -0.15) is 0 Å². The number of benzene rings is 3. The van der Waals surface area contributed by atoms with E-state index in [0.29, 0.717) is 0 Å². The summed E-state index contributed by atoms with van der Waals surface area (Å²) < 4.78 is 4.32. The maximum absolute atomic E-state index is 3.95. The highest BCUT2D eigenvalue weighted by Gasteiger charge is 2.17. The van der Waals surface area contributed by atoms with Crippen molar-refractivity contribution in [3.63, 3.8) is 0 Å². The second-order valence-corrected chi connectivity index (χ2v) is 18.5. The van der Waals surface area contributed by atoms with Crippen molar-refractivity contribution >= 4 is 86.4 Å². The molecule has 0 aliphatic carbocycles. The Balaban J connectivity index is 1.32. The fourth-order valence-electron chi connectivity index (χ4n) is 6.23. The number of hydrogen-bond donors (Lipinski definition) is 0. The van der Waals surface area contributed by atoms with Crippen LogP contribution >= 0.6 is 86.4 Å². The lowest BCUT2D eigenvalue weighted by Gasteiger charge is -2.15. The topological polar surface area (TPSA) is 0 Å². The molecule has 6 heteroatoms. The molecule has 254 valence electrons. The summed E-state index contributed by atoms with van der Waals surface area (Å²) in [6.45, 7) is 4.56. The van der Waals surface area contributed by atoms with Crippen LogP contribution in [0.3, 0.4) is 0 Å². The molecule has 5 aromatic rings. The Labute approximate surface area is 330 Å². The highest BCUT2D eigenvalue weighted by atomic mass is 79.9. The van der Waals surface area contributed by atoms with Gasteiger partial charge in [0.1, 0.15) is 0 Å². The fourth-order valence-corrected chi connectivity index (χ4v) is 10.8. The maximum Gasteiger partial charge on any atom is 0.0346 e. The third-order valence-corrected chi connectivity index (χ3v) is 14.1. The summed E-state index contributed by atoms with van der Waals surface area (Å²) in [7, 11) is 0. The Kier molecular flexibility index (Phi) is 15.6. The molecule has 0 amide bonds. The Morgan fingerprint density at radius 3 is 1.42 bits per heavy atom. The van der Waals surface area contributed by atoms with Crippen LogP contribution in [0.4, 0.5) is 0 Å². The van der Waals surface area contributed by atoms with Crippen LogP contribution in [0.15, 0.2) is 90.7 Å². The van der Waals surface area contributed by atoms with E-state index in [-0.39, 0.29) is 0 Å². The van der Waals surface area contributed by atoms with E-state index in [9.17, 15) is 0 Å². The molecule has 0 bridgehead atoms. The normalized spacial score (nSPS) is 11.5. The first kappa shape index (κ1) is 38.2. The molecule has 0 nitrogen and oxygen atoms in total. The second-order valence-electron chi connectivity index (χ2n) is 12.8. The van der Waals surface area contributed by atoms with E-state index in [1.807, 2.05) is 22.7 Å². The number of hydrogen-bond acceptors (Lipinski definition) is 2. The maximum atomic E-state index is 3.95. The molecule has 0 unspecified atom stereocenters. The molecule has 0 saturated heterocycles. The van der Waals surface area contributed by atoms with E-state index in [1.54, 1.807) is 0 Å². The Morgan fingerprint density at radius 2 is 0.854 bits per heavy atom. The smallest absolute Gasteiger partial charge is 0.0346 e. The first-order valence-corrected chi connectivity index (χ1v) is 22.5. The van der Waals surface area contributed by atoms with E-state index < -0.39 is 0 Å². The van der Waals surface area contributed by atoms with Gasteiger partial charge in [0.15, 0.2) is 0 Å². The first-order valence-electron chi connectivity index (χ1n) is 17.6. The zero-order valence-corrected chi connectivity index (χ0v) is 36.1. The molecule has 0 atom stereocenters. The van der Waals surface area contributed by atoms with Gasteiger partial charge in [-0.05, 0) is 114 Å². The van der Waals surface area contributed by atoms with Gasteiger partial charge < -0.3 is 0 Å². The molecule has 3 aromatic carbocycles. The standard InChI is InChI=1S/C42H46Br4S2/c1-3-5-7-9-11-13-15-31-19-23-41(47-31)29-18-22-37(43)34(25-29)36-27-35(39(45)28-40(36)46)33-21-17-30(26-38(33)44)42-24-20-32(48-42)16-14-12-10-8-6-4-2/h17-28H,3-16H2,1-2H3. The molecular weight excluding hydrogens is 888 g/mol. The van der Waals surface area contributed by atoms with Crippen molar-refractivity contribution in [2.45, 2.75) is 104 Å². The quantitative estimate of drug-likeness (QED) is 0.0768. The summed E-state index contributed by atoms with van der Waals surface area (Å²) >= 11 is 19.5. The van der Waals surface area contributed by atoms with Gasteiger partial charge >= 0.3 is 0 Å². The Bertz CT molecular complexity index is 1770. The monoisotopic (exact) mass is 930 g/mol. The van der Waals surface area contributed by atoms with Gasteiger partial charge in [0.25, 0.3) is 0 Å². The minimum atomic E-state index is 1.06. The number of halogens is 4. The van der Waals surface area contributed by atoms with Crippen LogP contribution in [0.1, 0.15) is 101 Å². The summed E-state index contributed by atoms with van der Waals surface area (Å²) in [5.41, 5.74) is 7.22. The molecule has 0 fully saturated rings. The SMILES string of the molecule is CCCCCCCCc1ccc(-c2ccc(-c3cc(-c4cc(-c5ccc(CCCCCCCC)s5)ccc4Br)c(Br)cc3Br)c(Br)c2)s1. The average Bonchev–Trinajstić information content (AvgIpc) is 3.76. The van der Waals surface area contributed by atoms with Crippen molar-refractivity contribution in [2.75, 3.05) is 0 Å². The summed E-state index contributed by atoms with van der Waals surface area (Å²) in [5, 5.41) is 0. The van der Waals surface area contributed by atoms with Crippen LogP contribution in [-0.4, -0.2) is 0 Å². The summed E-state index contributed by atoms with van der Waals surface area (Å²) in [5.74, 6) is 0. The van der Waals surface area contributed by atoms with E-state index in [4.69, 9.17) is 0 Å². The predicted molar refractivity (Wildman–Crippen MR) is 229 cm³/mol. The van der Waals surface area contributed by atoms with Crippen LogP contribution in [0, 0.1) is 0 Å². The van der Waals surface area contributed by atoms with Crippen LogP contribution in [-0.2, 0) is 12.8 Å². The van der Waals surface area contributed by atoms with Gasteiger partial charge in [0, 0.05) is 37.4 Å². The first-order chi connectivity index (χ1) is 23.4. The van der Waals surface area contributed by atoms with Crippen molar-refractivity contribution in [1.29, 1.82) is 0 Å². The molecule has 0 aliphatic heterocycles. The molecule has 0 spiro atoms. The van der Waals surface area contributed by atoms with E-state index in [0.717, 1.165) is 23.5 Å². The minimum absolute atomic E-state index is 1.06. The zero-order chi connectivity index (χ0) is 33.9. The van der Waals surface area contributed by atoms with Crippen LogP contribution in [0.2, 0.25) is 0 Å². The number of aryl methyl sites for hydroxylation is 2. The molecule has 5 rings (SSSR count). The summed E-state index contributed by atoms with van der Waals surface area (Å²) in [4.78, 5) is 5.65. The van der Waals surface area contributed by atoms with Gasteiger partial charge in [-0.1, -0.05) is 160 Å². The number of rotatable bonds is 18. The average molecular weight is 935 g/mol. The van der Waals surface area contributed by atoms with Gasteiger partial charge in [0.2, 0.25) is 0 Å². The lowest BCUT2D eigenvalue weighted by Crippen LogP contribution is -1.89. The van der Waals surface area contributed by atoms with Crippen LogP contribution in [0.25, 0.3) is 43.1 Å². The van der Waals surface area contributed by atoms with E-state index in [1.165, 1.54) is 137 Å². The third-order valence-electron chi connectivity index (χ3n) is 9.02. The highest BCUT2D eigenvalue weighted by molar-refractivity contribution is 9.11. The van der Waals surface area contributed by atoms with Crippen LogP contribution < -0.4 is 0 Å². The highest BCUT2D eigenvalue weighted by Crippen LogP contribution is 2.44. The molecule has 48 heavy (non-hydrogen) atoms. The van der Waals surface area contributed by atoms with Crippen molar-refractivity contribution in [3.8, 4) is 43.1 Å². The van der Waals surface area contributed by atoms with Gasteiger partial charge in [-0.15, -0.1) is 22.7 Å². The van der Waals surface area contributed by atoms with Crippen molar-refractivity contribution in [2.24, 2.45) is 0 Å². The van der Waals surface area contributed by atoms with Crippen molar-refractivity contribution < 1.29 is 0 Å². The minimum Gasteiger partial charge on any atom is -0.140 e. The number of thiophene rings is 2. The summed E-state index contributed by atoms with van der Waals surface area (Å²) in [6.07, 6.45) is 18.5. The van der Waals surface area contributed by atoms with Crippen molar-refractivity contribution in [1.82, 2.24) is 0 Å². The molecule has 2 heterocycles. The molecule has 0 saturated carbocycles. The van der Waals surface area contributed by atoms with Crippen LogP contribution in [0.5, 0.6) is 0 Å². The summed E-state index contributed by atoms with van der Waals surface area (Å²) in [6, 6.07) is 27.3. The Hall–Kier alpha value is -1.02. The zero-order valence-electron chi connectivity index (χ0n) is 28.2. The molecule has 0 radical (unpaired) electrons. The second kappa shape index (κ2) is 19.6. The largest absolute Gasteiger partial charge is 0.140 e.